The molecule has 1 aliphatic heterocycles. The van der Waals surface area contributed by atoms with Crippen molar-refractivity contribution in [2.24, 2.45) is 0 Å². The van der Waals surface area contributed by atoms with E-state index in [0.717, 1.165) is 22.6 Å². The van der Waals surface area contributed by atoms with E-state index in [4.69, 9.17) is 9.47 Å². The van der Waals surface area contributed by atoms with Crippen LogP contribution in [-0.2, 0) is 4.79 Å². The number of benzene rings is 2. The summed E-state index contributed by atoms with van der Waals surface area (Å²) in [6.07, 6.45) is 1.23. The number of ether oxygens (including phenoxy) is 2. The number of amides is 2. The molecule has 30 heavy (non-hydrogen) atoms. The van der Waals surface area contributed by atoms with Crippen LogP contribution in [0.15, 0.2) is 41.3 Å². The van der Waals surface area contributed by atoms with Gasteiger partial charge in [-0.2, -0.15) is 0 Å². The Morgan fingerprint density at radius 1 is 1.27 bits per heavy atom. The number of non-ortho nitro benzene ring substituents is 1. The predicted octanol–water partition coefficient (Wildman–Crippen LogP) is 3.73. The number of nitro benzene ring substituents is 1. The van der Waals surface area contributed by atoms with E-state index < -0.39 is 16.1 Å². The zero-order chi connectivity index (χ0) is 21.8. The minimum absolute atomic E-state index is 0.00237. The average Bonchev–Trinajstić information content (AvgIpc) is 2.96. The summed E-state index contributed by atoms with van der Waals surface area (Å²) in [5.74, 6) is -0.409. The van der Waals surface area contributed by atoms with Gasteiger partial charge >= 0.3 is 0 Å². The first-order valence-electron chi connectivity index (χ1n) is 8.80. The van der Waals surface area contributed by atoms with E-state index in [9.17, 15) is 24.8 Å². The number of imide groups is 1. The van der Waals surface area contributed by atoms with Crippen molar-refractivity contribution in [3.8, 4) is 17.2 Å². The van der Waals surface area contributed by atoms with Crippen molar-refractivity contribution in [3.05, 3.63) is 62.5 Å². The molecule has 1 heterocycles. The highest BCUT2D eigenvalue weighted by Crippen LogP contribution is 2.39. The number of carbonyl (C=O) groups excluding carboxylic acids is 2. The Morgan fingerprint density at radius 2 is 2.03 bits per heavy atom. The summed E-state index contributed by atoms with van der Waals surface area (Å²) in [7, 11) is 1.25. The molecule has 0 spiro atoms. The first kappa shape index (κ1) is 21.2. The van der Waals surface area contributed by atoms with Crippen molar-refractivity contribution < 1.29 is 29.1 Å². The van der Waals surface area contributed by atoms with E-state index in [1.807, 2.05) is 25.1 Å². The Morgan fingerprint density at radius 3 is 2.70 bits per heavy atom. The highest BCUT2D eigenvalue weighted by atomic mass is 32.2. The lowest BCUT2D eigenvalue weighted by Gasteiger charge is -2.13. The summed E-state index contributed by atoms with van der Waals surface area (Å²) in [6.45, 7) is 2.08. The summed E-state index contributed by atoms with van der Waals surface area (Å²) in [5, 5.41) is 20.8. The van der Waals surface area contributed by atoms with Gasteiger partial charge in [-0.15, -0.1) is 0 Å². The number of nitro groups is 1. The number of phenolic OH excluding ortho intramolecular Hbond substituents is 1. The summed E-state index contributed by atoms with van der Waals surface area (Å²) < 4.78 is 10.5. The molecular weight excluding hydrogens is 412 g/mol. The topological polar surface area (TPSA) is 119 Å². The van der Waals surface area contributed by atoms with Gasteiger partial charge in [-0.1, -0.05) is 12.1 Å². The molecule has 0 saturated carbocycles. The largest absolute Gasteiger partial charge is 0.504 e. The molecule has 10 heteroatoms. The Balaban J connectivity index is 1.76. The Bertz CT molecular complexity index is 1050. The molecule has 3 rings (SSSR count). The van der Waals surface area contributed by atoms with Crippen molar-refractivity contribution in [2.75, 3.05) is 20.3 Å². The number of hydrogen-bond acceptors (Lipinski definition) is 8. The van der Waals surface area contributed by atoms with Crippen LogP contribution in [-0.4, -0.2) is 46.3 Å². The SMILES string of the molecule is COc1cc([N+](=O)[O-])cc(/C=C2\SC(=O)N(CCOc3cccc(C)c3)C2=O)c1O. The van der Waals surface area contributed by atoms with E-state index in [2.05, 4.69) is 0 Å². The Hall–Kier alpha value is -3.53. The van der Waals surface area contributed by atoms with E-state index in [1.165, 1.54) is 13.2 Å². The maximum Gasteiger partial charge on any atom is 0.293 e. The number of methoxy groups -OCH3 is 1. The van der Waals surface area contributed by atoms with Gasteiger partial charge in [0.2, 0.25) is 0 Å². The molecule has 2 aromatic rings. The fraction of sp³-hybridized carbons (Fsp3) is 0.200. The second-order valence-electron chi connectivity index (χ2n) is 6.34. The van der Waals surface area contributed by atoms with Gasteiger partial charge in [0.1, 0.15) is 12.4 Å². The lowest BCUT2D eigenvalue weighted by atomic mass is 10.1. The van der Waals surface area contributed by atoms with Gasteiger partial charge in [-0.25, -0.2) is 0 Å². The summed E-state index contributed by atoms with van der Waals surface area (Å²) in [4.78, 5) is 36.4. The zero-order valence-corrected chi connectivity index (χ0v) is 17.0. The summed E-state index contributed by atoms with van der Waals surface area (Å²) in [5.41, 5.74) is 0.707. The number of aryl methyl sites for hydroxylation is 1. The second kappa shape index (κ2) is 8.87. The third-order valence-electron chi connectivity index (χ3n) is 4.25. The van der Waals surface area contributed by atoms with Gasteiger partial charge in [-0.05, 0) is 42.5 Å². The fourth-order valence-corrected chi connectivity index (χ4v) is 3.64. The van der Waals surface area contributed by atoms with Crippen LogP contribution in [0.4, 0.5) is 10.5 Å². The molecule has 0 bridgehead atoms. The molecule has 1 N–H and O–H groups in total. The van der Waals surface area contributed by atoms with Crippen LogP contribution in [0, 0.1) is 17.0 Å². The fourth-order valence-electron chi connectivity index (χ4n) is 2.78. The van der Waals surface area contributed by atoms with Crippen LogP contribution >= 0.6 is 11.8 Å². The molecule has 9 nitrogen and oxygen atoms in total. The molecule has 156 valence electrons. The normalized spacial score (nSPS) is 15.0. The van der Waals surface area contributed by atoms with Crippen molar-refractivity contribution >= 4 is 34.7 Å². The lowest BCUT2D eigenvalue weighted by molar-refractivity contribution is -0.385. The maximum absolute atomic E-state index is 12.6. The first-order chi connectivity index (χ1) is 14.3. The van der Waals surface area contributed by atoms with Gasteiger partial charge in [0.15, 0.2) is 11.5 Å². The van der Waals surface area contributed by atoms with Crippen molar-refractivity contribution in [2.45, 2.75) is 6.92 Å². The third-order valence-corrected chi connectivity index (χ3v) is 5.16. The molecule has 2 aromatic carbocycles. The van der Waals surface area contributed by atoms with Crippen molar-refractivity contribution in [1.29, 1.82) is 0 Å². The van der Waals surface area contributed by atoms with Crippen LogP contribution in [0.25, 0.3) is 6.08 Å². The summed E-state index contributed by atoms with van der Waals surface area (Å²) >= 11 is 0.683. The molecule has 0 atom stereocenters. The van der Waals surface area contributed by atoms with Crippen LogP contribution in [0.5, 0.6) is 17.2 Å². The minimum Gasteiger partial charge on any atom is -0.504 e. The number of rotatable bonds is 7. The van der Waals surface area contributed by atoms with Crippen molar-refractivity contribution in [1.82, 2.24) is 4.90 Å². The van der Waals surface area contributed by atoms with Gasteiger partial charge in [0, 0.05) is 11.6 Å². The maximum atomic E-state index is 12.6. The number of thioether (sulfide) groups is 1. The Kier molecular flexibility index (Phi) is 6.26. The van der Waals surface area contributed by atoms with Crippen LogP contribution < -0.4 is 9.47 Å². The van der Waals surface area contributed by atoms with Crippen LogP contribution in [0.1, 0.15) is 11.1 Å². The minimum atomic E-state index is -0.645. The van der Waals surface area contributed by atoms with Crippen LogP contribution in [0.3, 0.4) is 0 Å². The monoisotopic (exact) mass is 430 g/mol. The van der Waals surface area contributed by atoms with Gasteiger partial charge in [0.05, 0.1) is 29.5 Å². The van der Waals surface area contributed by atoms with Crippen LogP contribution in [0.2, 0.25) is 0 Å². The van der Waals surface area contributed by atoms with E-state index >= 15 is 0 Å². The van der Waals surface area contributed by atoms with E-state index in [1.54, 1.807) is 6.07 Å². The highest BCUT2D eigenvalue weighted by Gasteiger charge is 2.35. The van der Waals surface area contributed by atoms with Crippen molar-refractivity contribution in [3.63, 3.8) is 0 Å². The number of nitrogens with zero attached hydrogens (tertiary/aromatic N) is 2. The zero-order valence-electron chi connectivity index (χ0n) is 16.2. The van der Waals surface area contributed by atoms with Gasteiger partial charge < -0.3 is 14.6 Å². The van der Waals surface area contributed by atoms with E-state index in [0.29, 0.717) is 17.5 Å². The number of phenols is 1. The molecule has 1 saturated heterocycles. The highest BCUT2D eigenvalue weighted by molar-refractivity contribution is 8.18. The standard InChI is InChI=1S/C20H18N2O7S/c1-12-4-3-5-15(8-12)29-7-6-21-19(24)17(30-20(21)25)10-13-9-14(22(26)27)11-16(28-2)18(13)23/h3-5,8-11,23H,6-7H2,1-2H3/b17-10-. The number of carbonyl (C=O) groups is 2. The molecule has 2 amide bonds. The third kappa shape index (κ3) is 4.54. The first-order valence-corrected chi connectivity index (χ1v) is 9.62. The molecule has 0 radical (unpaired) electrons. The molecule has 1 fully saturated rings. The molecular formula is C20H18N2O7S. The predicted molar refractivity (Wildman–Crippen MR) is 111 cm³/mol. The van der Waals surface area contributed by atoms with E-state index in [-0.39, 0.29) is 40.8 Å². The lowest BCUT2D eigenvalue weighted by Crippen LogP contribution is -2.32. The average molecular weight is 430 g/mol. The van der Waals surface area contributed by atoms with Gasteiger partial charge in [-0.3, -0.25) is 24.6 Å². The molecule has 0 unspecified atom stereocenters. The second-order valence-corrected chi connectivity index (χ2v) is 7.33. The number of hydrogen-bond donors (Lipinski definition) is 1. The molecule has 0 aromatic heterocycles. The number of aromatic hydroxyl groups is 1. The van der Waals surface area contributed by atoms with Gasteiger partial charge in [0.25, 0.3) is 16.8 Å². The molecule has 1 aliphatic rings. The quantitative estimate of drug-likeness (QED) is 0.401. The molecule has 0 aliphatic carbocycles. The summed E-state index contributed by atoms with van der Waals surface area (Å²) in [6, 6.07) is 9.55. The smallest absolute Gasteiger partial charge is 0.293 e. The Labute approximate surface area is 176 Å².